The van der Waals surface area contributed by atoms with E-state index in [0.717, 1.165) is 25.3 Å². The standard InChI is InChI=1S/C17H19F4NO/c1-22-11-4-2-5-12(22)9-10(8-11)16(23)13-6-3-7-14(15(13)18)17(19,20)21/h3,6-7,10-12H,2,4-5,8-9H2,1H3. The summed E-state index contributed by atoms with van der Waals surface area (Å²) in [6.07, 6.45) is -0.505. The van der Waals surface area contributed by atoms with Crippen LogP contribution in [0.25, 0.3) is 0 Å². The van der Waals surface area contributed by atoms with Gasteiger partial charge in [-0.15, -0.1) is 0 Å². The average Bonchev–Trinajstić information content (AvgIpc) is 2.45. The first-order chi connectivity index (χ1) is 10.8. The van der Waals surface area contributed by atoms with Gasteiger partial charge in [-0.05, 0) is 44.9 Å². The second-order valence-electron chi connectivity index (χ2n) is 6.60. The van der Waals surface area contributed by atoms with Crippen molar-refractivity contribution < 1.29 is 22.4 Å². The molecule has 0 N–H and O–H groups in total. The van der Waals surface area contributed by atoms with Gasteiger partial charge in [0.25, 0.3) is 0 Å². The topological polar surface area (TPSA) is 20.3 Å². The molecule has 0 saturated carbocycles. The van der Waals surface area contributed by atoms with Gasteiger partial charge in [-0.3, -0.25) is 4.79 Å². The molecule has 3 rings (SSSR count). The van der Waals surface area contributed by atoms with E-state index in [4.69, 9.17) is 0 Å². The fraction of sp³-hybridized carbons (Fsp3) is 0.588. The Hall–Kier alpha value is -1.43. The first-order valence-corrected chi connectivity index (χ1v) is 7.91. The van der Waals surface area contributed by atoms with Crippen LogP contribution in [0.1, 0.15) is 48.0 Å². The third kappa shape index (κ3) is 3.01. The summed E-state index contributed by atoms with van der Waals surface area (Å²) in [6.45, 7) is 0. The Balaban J connectivity index is 1.87. The van der Waals surface area contributed by atoms with Crippen LogP contribution in [0.2, 0.25) is 0 Å². The maximum absolute atomic E-state index is 14.2. The van der Waals surface area contributed by atoms with Crippen LogP contribution in [0, 0.1) is 11.7 Å². The number of fused-ring (bicyclic) bond motifs is 2. The molecule has 6 heteroatoms. The summed E-state index contributed by atoms with van der Waals surface area (Å²) in [6, 6.07) is 3.49. The zero-order chi connectivity index (χ0) is 16.8. The van der Waals surface area contributed by atoms with Gasteiger partial charge in [-0.2, -0.15) is 13.2 Å². The highest BCUT2D eigenvalue weighted by molar-refractivity contribution is 5.98. The highest BCUT2D eigenvalue weighted by Gasteiger charge is 2.41. The minimum Gasteiger partial charge on any atom is -0.300 e. The van der Waals surface area contributed by atoms with E-state index >= 15 is 0 Å². The van der Waals surface area contributed by atoms with Crippen LogP contribution in [0.4, 0.5) is 17.6 Å². The zero-order valence-corrected chi connectivity index (χ0v) is 12.9. The van der Waals surface area contributed by atoms with Crippen LogP contribution in [-0.4, -0.2) is 29.8 Å². The molecular weight excluding hydrogens is 310 g/mol. The first kappa shape index (κ1) is 16.4. The van der Waals surface area contributed by atoms with Crippen LogP contribution < -0.4 is 0 Å². The van der Waals surface area contributed by atoms with Gasteiger partial charge in [0.2, 0.25) is 0 Å². The van der Waals surface area contributed by atoms with Crippen LogP contribution in [0.15, 0.2) is 18.2 Å². The van der Waals surface area contributed by atoms with Gasteiger partial charge in [0.05, 0.1) is 11.1 Å². The van der Waals surface area contributed by atoms with Gasteiger partial charge in [-0.1, -0.05) is 12.5 Å². The Morgan fingerprint density at radius 3 is 2.35 bits per heavy atom. The molecule has 2 unspecified atom stereocenters. The number of halogens is 4. The lowest BCUT2D eigenvalue weighted by Gasteiger charge is -2.46. The van der Waals surface area contributed by atoms with Crippen molar-refractivity contribution in [1.82, 2.24) is 4.90 Å². The van der Waals surface area contributed by atoms with Gasteiger partial charge in [0, 0.05) is 18.0 Å². The summed E-state index contributed by atoms with van der Waals surface area (Å²) in [5.74, 6) is -2.31. The molecule has 1 aromatic carbocycles. The van der Waals surface area contributed by atoms with Crippen LogP contribution >= 0.6 is 0 Å². The van der Waals surface area contributed by atoms with Crippen molar-refractivity contribution in [1.29, 1.82) is 0 Å². The number of rotatable bonds is 2. The monoisotopic (exact) mass is 329 g/mol. The van der Waals surface area contributed by atoms with Crippen molar-refractivity contribution in [2.75, 3.05) is 7.05 Å². The summed E-state index contributed by atoms with van der Waals surface area (Å²) >= 11 is 0. The fourth-order valence-corrected chi connectivity index (χ4v) is 3.99. The third-order valence-corrected chi connectivity index (χ3v) is 5.28. The van der Waals surface area contributed by atoms with Gasteiger partial charge in [0.1, 0.15) is 5.82 Å². The number of Topliss-reactive ketones (excluding diaryl/α,β-unsaturated/α-hetero) is 1. The van der Waals surface area contributed by atoms with Crippen molar-refractivity contribution in [2.24, 2.45) is 5.92 Å². The van der Waals surface area contributed by atoms with Gasteiger partial charge in [0.15, 0.2) is 5.78 Å². The lowest BCUT2D eigenvalue weighted by atomic mass is 9.76. The Bertz CT molecular complexity index is 599. The lowest BCUT2D eigenvalue weighted by molar-refractivity contribution is -0.140. The van der Waals surface area contributed by atoms with E-state index in [-0.39, 0.29) is 18.0 Å². The molecule has 2 bridgehead atoms. The van der Waals surface area contributed by atoms with Crippen LogP contribution in [0.3, 0.4) is 0 Å². The first-order valence-electron chi connectivity index (χ1n) is 7.91. The van der Waals surface area contributed by atoms with Crippen LogP contribution in [0.5, 0.6) is 0 Å². The number of benzene rings is 1. The van der Waals surface area contributed by atoms with E-state index in [2.05, 4.69) is 4.90 Å². The molecule has 0 spiro atoms. The van der Waals surface area contributed by atoms with E-state index in [1.54, 1.807) is 0 Å². The number of hydrogen-bond acceptors (Lipinski definition) is 2. The summed E-state index contributed by atoms with van der Waals surface area (Å²) in [5.41, 5.74) is -1.79. The Morgan fingerprint density at radius 2 is 1.78 bits per heavy atom. The SMILES string of the molecule is CN1C2CCCC1CC(C(=O)c1cccc(C(F)(F)F)c1F)C2. The van der Waals surface area contributed by atoms with Crippen LogP contribution in [-0.2, 0) is 6.18 Å². The van der Waals surface area contributed by atoms with Crippen molar-refractivity contribution >= 4 is 5.78 Å². The summed E-state index contributed by atoms with van der Waals surface area (Å²) in [5, 5.41) is 0. The number of hydrogen-bond donors (Lipinski definition) is 0. The Kier molecular flexibility index (Phi) is 4.21. The third-order valence-electron chi connectivity index (χ3n) is 5.28. The molecule has 2 nitrogen and oxygen atoms in total. The molecule has 0 radical (unpaired) electrons. The molecule has 2 fully saturated rings. The van der Waals surface area contributed by atoms with E-state index in [9.17, 15) is 22.4 Å². The van der Waals surface area contributed by atoms with E-state index < -0.39 is 28.9 Å². The fourth-order valence-electron chi connectivity index (χ4n) is 3.99. The average molecular weight is 329 g/mol. The maximum Gasteiger partial charge on any atom is 0.419 e. The van der Waals surface area contributed by atoms with E-state index in [1.807, 2.05) is 7.05 Å². The quantitative estimate of drug-likeness (QED) is 0.596. The number of carbonyl (C=O) groups is 1. The predicted octanol–water partition coefficient (Wildman–Crippen LogP) is 4.29. The van der Waals surface area contributed by atoms with Crippen molar-refractivity contribution in [2.45, 2.75) is 50.4 Å². The molecule has 0 aromatic heterocycles. The van der Waals surface area contributed by atoms with Gasteiger partial charge >= 0.3 is 6.18 Å². The van der Waals surface area contributed by atoms with E-state index in [0.29, 0.717) is 18.9 Å². The predicted molar refractivity (Wildman–Crippen MR) is 77.6 cm³/mol. The maximum atomic E-state index is 14.2. The summed E-state index contributed by atoms with van der Waals surface area (Å²) < 4.78 is 52.6. The molecule has 2 aliphatic heterocycles. The molecule has 0 amide bonds. The molecule has 23 heavy (non-hydrogen) atoms. The highest BCUT2D eigenvalue weighted by Crippen LogP contribution is 2.38. The van der Waals surface area contributed by atoms with Gasteiger partial charge < -0.3 is 4.90 Å². The highest BCUT2D eigenvalue weighted by atomic mass is 19.4. The minimum absolute atomic E-state index is 0.269. The Labute approximate surface area is 132 Å². The van der Waals surface area contributed by atoms with Gasteiger partial charge in [-0.25, -0.2) is 4.39 Å². The molecule has 1 aromatic rings. The summed E-state index contributed by atoms with van der Waals surface area (Å²) in [4.78, 5) is 14.9. The molecule has 2 aliphatic rings. The molecule has 2 heterocycles. The van der Waals surface area contributed by atoms with Crippen molar-refractivity contribution in [3.8, 4) is 0 Å². The second-order valence-corrected chi connectivity index (χ2v) is 6.60. The number of carbonyl (C=O) groups excluding carboxylic acids is 1. The molecule has 2 atom stereocenters. The lowest BCUT2D eigenvalue weighted by Crippen LogP contribution is -2.51. The molecular formula is C17H19F4NO. The number of alkyl halides is 3. The molecule has 126 valence electrons. The number of piperidine rings is 2. The zero-order valence-electron chi connectivity index (χ0n) is 12.9. The smallest absolute Gasteiger partial charge is 0.300 e. The number of ketones is 1. The van der Waals surface area contributed by atoms with Crippen molar-refractivity contribution in [3.05, 3.63) is 35.1 Å². The van der Waals surface area contributed by atoms with E-state index in [1.165, 1.54) is 6.07 Å². The van der Waals surface area contributed by atoms with Crippen molar-refractivity contribution in [3.63, 3.8) is 0 Å². The largest absolute Gasteiger partial charge is 0.419 e. The second kappa shape index (κ2) is 5.89. The molecule has 2 saturated heterocycles. The summed E-state index contributed by atoms with van der Waals surface area (Å²) in [7, 11) is 2.03. The number of nitrogens with zero attached hydrogens (tertiary/aromatic N) is 1. The minimum atomic E-state index is -4.79. The normalized spacial score (nSPS) is 28.7. The molecule has 0 aliphatic carbocycles. The Morgan fingerprint density at radius 1 is 1.17 bits per heavy atom.